The molecule has 94 valence electrons. The predicted octanol–water partition coefficient (Wildman–Crippen LogP) is 0.232. The number of anilines is 2. The molecule has 0 aromatic carbocycles. The molecule has 0 bridgehead atoms. The quantitative estimate of drug-likeness (QED) is 0.272. The highest BCUT2D eigenvalue weighted by Crippen LogP contribution is 2.29. The van der Waals surface area contributed by atoms with E-state index in [0.29, 0.717) is 10.0 Å². The zero-order valence-corrected chi connectivity index (χ0v) is 10.4. The molecule has 0 saturated carbocycles. The van der Waals surface area contributed by atoms with Crippen LogP contribution in [-0.2, 0) is 0 Å². The van der Waals surface area contributed by atoms with Gasteiger partial charge in [0.15, 0.2) is 5.16 Å². The van der Waals surface area contributed by atoms with E-state index in [4.69, 9.17) is 23.2 Å². The number of nitrogens with two attached hydrogens (primary N) is 2. The maximum absolute atomic E-state index is 11.2. The number of nitrogen functional groups attached to an aromatic ring is 2. The number of rotatable bonds is 3. The molecule has 0 aliphatic heterocycles. The van der Waals surface area contributed by atoms with Gasteiger partial charge < -0.3 is 10.7 Å². The van der Waals surface area contributed by atoms with Crippen molar-refractivity contribution >= 4 is 35.1 Å². The Morgan fingerprint density at radius 3 is 2.89 bits per heavy atom. The topological polar surface area (TPSA) is 136 Å². The average molecular weight is 286 g/mol. The highest BCUT2D eigenvalue weighted by Gasteiger charge is 2.09. The summed E-state index contributed by atoms with van der Waals surface area (Å²) in [7, 11) is 0. The highest BCUT2D eigenvalue weighted by molar-refractivity contribution is 7.99. The van der Waals surface area contributed by atoms with E-state index in [1.807, 2.05) is 0 Å². The van der Waals surface area contributed by atoms with Gasteiger partial charge in [-0.15, -0.1) is 0 Å². The Hall–Kier alpha value is -1.84. The van der Waals surface area contributed by atoms with Gasteiger partial charge in [0.2, 0.25) is 5.95 Å². The van der Waals surface area contributed by atoms with Crippen LogP contribution in [0.3, 0.4) is 0 Å². The van der Waals surface area contributed by atoms with Gasteiger partial charge in [0.25, 0.3) is 5.56 Å². The van der Waals surface area contributed by atoms with Crippen LogP contribution in [0.2, 0.25) is 5.02 Å². The van der Waals surface area contributed by atoms with E-state index in [2.05, 4.69) is 25.4 Å². The van der Waals surface area contributed by atoms with Crippen molar-refractivity contribution < 1.29 is 0 Å². The Morgan fingerprint density at radius 2 is 2.22 bits per heavy atom. The number of nitrogens with one attached hydrogen (secondary N) is 2. The number of hydrogen-bond acceptors (Lipinski definition) is 8. The number of hydrogen-bond donors (Lipinski definition) is 4. The smallest absolute Gasteiger partial charge is 0.253 e. The van der Waals surface area contributed by atoms with Crippen molar-refractivity contribution in [3.8, 4) is 0 Å². The molecule has 8 nitrogen and oxygen atoms in total. The first-order valence-corrected chi connectivity index (χ1v) is 5.82. The Labute approximate surface area is 110 Å². The second kappa shape index (κ2) is 5.21. The zero-order chi connectivity index (χ0) is 13.1. The molecule has 2 aromatic rings. The molecule has 0 amide bonds. The summed E-state index contributed by atoms with van der Waals surface area (Å²) in [4.78, 5) is 25.5. The third-order valence-electron chi connectivity index (χ3n) is 1.77. The van der Waals surface area contributed by atoms with E-state index < -0.39 is 0 Å². The average Bonchev–Trinajstić information content (AvgIpc) is 2.30. The predicted molar refractivity (Wildman–Crippen MR) is 68.2 cm³/mol. The second-order valence-corrected chi connectivity index (χ2v) is 4.45. The minimum atomic E-state index is -0.354. The molecule has 18 heavy (non-hydrogen) atoms. The fourth-order valence-electron chi connectivity index (χ4n) is 1.09. The molecule has 0 radical (unpaired) electrons. The first kappa shape index (κ1) is 12.6. The first-order valence-electron chi connectivity index (χ1n) is 4.62. The standard InChI is InChI=1S/C8H8ClN7OS/c9-3-2-12-7(16-11)15-6(3)18-8-13-4(10)1-5(17)14-8/h1-2H,11H2,(H,12,15,16)(H3,10,13,14,17). The van der Waals surface area contributed by atoms with Gasteiger partial charge in [-0.25, -0.2) is 20.8 Å². The minimum Gasteiger partial charge on any atom is -0.383 e. The van der Waals surface area contributed by atoms with Crippen molar-refractivity contribution in [3.05, 3.63) is 27.6 Å². The van der Waals surface area contributed by atoms with E-state index in [-0.39, 0.29) is 22.5 Å². The number of aromatic amines is 1. The summed E-state index contributed by atoms with van der Waals surface area (Å²) in [5, 5.41) is 0.987. The molecule has 10 heteroatoms. The van der Waals surface area contributed by atoms with Gasteiger partial charge in [0, 0.05) is 6.07 Å². The summed E-state index contributed by atoms with van der Waals surface area (Å²) >= 11 is 6.96. The van der Waals surface area contributed by atoms with Crippen LogP contribution in [0.25, 0.3) is 0 Å². The van der Waals surface area contributed by atoms with Gasteiger partial charge >= 0.3 is 0 Å². The lowest BCUT2D eigenvalue weighted by molar-refractivity contribution is 0.936. The molecule has 0 saturated heterocycles. The molecule has 2 heterocycles. The number of hydrazine groups is 1. The Balaban J connectivity index is 2.36. The lowest BCUT2D eigenvalue weighted by atomic mass is 10.6. The van der Waals surface area contributed by atoms with Crippen LogP contribution in [0, 0.1) is 0 Å². The van der Waals surface area contributed by atoms with E-state index in [0.717, 1.165) is 11.8 Å². The summed E-state index contributed by atoms with van der Waals surface area (Å²) in [5.41, 5.74) is 7.40. The monoisotopic (exact) mass is 285 g/mol. The summed E-state index contributed by atoms with van der Waals surface area (Å²) in [6, 6.07) is 1.18. The molecule has 0 atom stereocenters. The number of aromatic nitrogens is 4. The van der Waals surface area contributed by atoms with E-state index in [1.165, 1.54) is 12.3 Å². The lowest BCUT2D eigenvalue weighted by Gasteiger charge is -2.04. The van der Waals surface area contributed by atoms with Crippen LogP contribution in [0.1, 0.15) is 0 Å². The molecular formula is C8H8ClN7OS. The van der Waals surface area contributed by atoms with Crippen molar-refractivity contribution in [1.82, 2.24) is 19.9 Å². The molecular weight excluding hydrogens is 278 g/mol. The lowest BCUT2D eigenvalue weighted by Crippen LogP contribution is -2.11. The molecule has 0 fully saturated rings. The Morgan fingerprint density at radius 1 is 1.44 bits per heavy atom. The van der Waals surface area contributed by atoms with Gasteiger partial charge in [0.1, 0.15) is 10.8 Å². The molecule has 0 aliphatic carbocycles. The number of halogens is 1. The molecule has 0 unspecified atom stereocenters. The largest absolute Gasteiger partial charge is 0.383 e. The highest BCUT2D eigenvalue weighted by atomic mass is 35.5. The maximum Gasteiger partial charge on any atom is 0.253 e. The van der Waals surface area contributed by atoms with Crippen molar-refractivity contribution in [3.63, 3.8) is 0 Å². The maximum atomic E-state index is 11.2. The van der Waals surface area contributed by atoms with Crippen LogP contribution in [0.5, 0.6) is 0 Å². The summed E-state index contributed by atoms with van der Waals surface area (Å²) in [6.07, 6.45) is 1.39. The Kier molecular flexibility index (Phi) is 3.65. The summed E-state index contributed by atoms with van der Waals surface area (Å²) in [6.45, 7) is 0. The van der Waals surface area contributed by atoms with Crippen LogP contribution in [-0.4, -0.2) is 19.9 Å². The van der Waals surface area contributed by atoms with E-state index in [1.54, 1.807) is 0 Å². The molecule has 6 N–H and O–H groups in total. The van der Waals surface area contributed by atoms with Crippen LogP contribution in [0.15, 0.2) is 27.2 Å². The molecule has 2 rings (SSSR count). The van der Waals surface area contributed by atoms with Gasteiger partial charge in [-0.2, -0.15) is 0 Å². The van der Waals surface area contributed by atoms with Gasteiger partial charge in [0.05, 0.1) is 11.2 Å². The molecule has 0 spiro atoms. The first-order chi connectivity index (χ1) is 8.58. The van der Waals surface area contributed by atoms with Gasteiger partial charge in [-0.05, 0) is 11.8 Å². The van der Waals surface area contributed by atoms with Crippen LogP contribution >= 0.6 is 23.4 Å². The van der Waals surface area contributed by atoms with Crippen molar-refractivity contribution in [2.45, 2.75) is 10.2 Å². The van der Waals surface area contributed by atoms with Gasteiger partial charge in [-0.3, -0.25) is 10.2 Å². The van der Waals surface area contributed by atoms with Crippen LogP contribution in [0.4, 0.5) is 11.8 Å². The number of H-pyrrole nitrogens is 1. The zero-order valence-electron chi connectivity index (χ0n) is 8.85. The number of nitrogens with zero attached hydrogens (tertiary/aromatic N) is 3. The van der Waals surface area contributed by atoms with Gasteiger partial charge in [-0.1, -0.05) is 11.6 Å². The van der Waals surface area contributed by atoms with Crippen molar-refractivity contribution in [2.24, 2.45) is 5.84 Å². The fourth-order valence-corrected chi connectivity index (χ4v) is 2.06. The van der Waals surface area contributed by atoms with E-state index in [9.17, 15) is 4.79 Å². The summed E-state index contributed by atoms with van der Waals surface area (Å²) in [5.74, 6) is 5.51. The third-order valence-corrected chi connectivity index (χ3v) is 3.05. The normalized spacial score (nSPS) is 10.3. The van der Waals surface area contributed by atoms with Crippen LogP contribution < -0.4 is 22.6 Å². The minimum absolute atomic E-state index is 0.114. The van der Waals surface area contributed by atoms with Crippen molar-refractivity contribution in [1.29, 1.82) is 0 Å². The SMILES string of the molecule is NNc1ncc(Cl)c(Sc2nc(N)cc(=O)[nH]2)n1. The Bertz CT molecular complexity index is 631. The third kappa shape index (κ3) is 2.88. The van der Waals surface area contributed by atoms with E-state index >= 15 is 0 Å². The molecule has 0 aliphatic rings. The molecule has 2 aromatic heterocycles. The second-order valence-electron chi connectivity index (χ2n) is 3.07. The fraction of sp³-hybridized carbons (Fsp3) is 0. The van der Waals surface area contributed by atoms with Crippen molar-refractivity contribution in [2.75, 3.05) is 11.2 Å². The summed E-state index contributed by atoms with van der Waals surface area (Å²) < 4.78 is 0.